The van der Waals surface area contributed by atoms with E-state index in [0.717, 1.165) is 0 Å². The monoisotopic (exact) mass is 678 g/mol. The molecule has 0 spiro atoms. The molecule has 0 saturated carbocycles. The lowest BCUT2D eigenvalue weighted by Crippen LogP contribution is -2.14. The predicted molar refractivity (Wildman–Crippen MR) is 226 cm³/mol. The molecule has 0 radical (unpaired) electrons. The van der Waals surface area contributed by atoms with E-state index >= 15 is 0 Å². The number of fused-ring (bicyclic) bond motifs is 11. The van der Waals surface area contributed by atoms with Crippen LogP contribution in [0.3, 0.4) is 0 Å². The smallest absolute Gasteiger partial charge is 0.0434 e. The third-order valence-electron chi connectivity index (χ3n) is 11.7. The fourth-order valence-corrected chi connectivity index (χ4v) is 10.4. The maximum absolute atomic E-state index is 2.46. The first-order valence-corrected chi connectivity index (χ1v) is 19.0. The molecule has 1 heteroatoms. The summed E-state index contributed by atoms with van der Waals surface area (Å²) in [5, 5.41) is 10.5. The van der Waals surface area contributed by atoms with E-state index in [1.54, 1.807) is 0 Å². The zero-order valence-electron chi connectivity index (χ0n) is 29.1. The van der Waals surface area contributed by atoms with Gasteiger partial charge >= 0.3 is 0 Å². The van der Waals surface area contributed by atoms with E-state index in [2.05, 4.69) is 184 Å². The van der Waals surface area contributed by atoms with Crippen LogP contribution in [-0.2, 0) is 5.41 Å². The third kappa shape index (κ3) is 4.15. The minimum atomic E-state index is -0.0691. The summed E-state index contributed by atoms with van der Waals surface area (Å²) in [6, 6.07) is 63.3. The first-order valence-electron chi connectivity index (χ1n) is 18.2. The van der Waals surface area contributed by atoms with Crippen LogP contribution in [-0.4, -0.2) is 0 Å². The van der Waals surface area contributed by atoms with Crippen LogP contribution in [0.4, 0.5) is 0 Å². The lowest BCUT2D eigenvalue weighted by Gasteiger charge is -2.21. The molecule has 0 saturated heterocycles. The van der Waals surface area contributed by atoms with E-state index < -0.39 is 0 Å². The maximum atomic E-state index is 2.46. The van der Waals surface area contributed by atoms with Crippen LogP contribution in [0.15, 0.2) is 170 Å². The van der Waals surface area contributed by atoms with Gasteiger partial charge in [0.25, 0.3) is 0 Å². The largest absolute Gasteiger partial charge is 0.135 e. The van der Waals surface area contributed by atoms with Gasteiger partial charge in [0.05, 0.1) is 0 Å². The van der Waals surface area contributed by atoms with Gasteiger partial charge in [0.15, 0.2) is 0 Å². The molecular weight excluding hydrogens is 645 g/mol. The zero-order chi connectivity index (χ0) is 34.6. The van der Waals surface area contributed by atoms with Gasteiger partial charge in [-0.15, -0.1) is 11.3 Å². The molecule has 0 atom stereocenters. The molecule has 0 fully saturated rings. The van der Waals surface area contributed by atoms with Crippen LogP contribution in [0.25, 0.3) is 97.0 Å². The summed E-state index contributed by atoms with van der Waals surface area (Å²) in [5.74, 6) is 0. The molecule has 244 valence electrons. The number of hydrogen-bond acceptors (Lipinski definition) is 1. The van der Waals surface area contributed by atoms with Crippen LogP contribution in [0.2, 0.25) is 0 Å². The van der Waals surface area contributed by atoms with Crippen LogP contribution in [0, 0.1) is 0 Å². The fraction of sp³-hybridized carbons (Fsp3) is 0.0588. The molecule has 0 aliphatic heterocycles. The normalized spacial score (nSPS) is 13.3. The summed E-state index contributed by atoms with van der Waals surface area (Å²) in [7, 11) is 0. The molecule has 1 aliphatic rings. The standard InChI is InChI=1S/C51H34S/c1-51(2)43-27-25-35(30-42(43)48-44(51)28-29-45-49(48)41-26-24-32-12-6-7-15-36(32)50(41)52-45)31-20-22-34(23-21-31)47-39-18-10-8-16-37(39)46(33-13-4-3-5-14-33)38-17-9-11-19-40(38)47/h3-30H,1-2H3. The Morgan fingerprint density at radius 3 is 1.60 bits per heavy atom. The third-order valence-corrected chi connectivity index (χ3v) is 12.9. The highest BCUT2D eigenvalue weighted by molar-refractivity contribution is 7.26. The summed E-state index contributed by atoms with van der Waals surface area (Å²) in [6.45, 7) is 4.78. The fourth-order valence-electron chi connectivity index (χ4n) is 9.20. The Morgan fingerprint density at radius 2 is 0.923 bits per heavy atom. The molecule has 10 aromatic rings. The highest BCUT2D eigenvalue weighted by Gasteiger charge is 2.37. The Bertz CT molecular complexity index is 3010. The molecule has 9 aromatic carbocycles. The topological polar surface area (TPSA) is 0 Å². The molecule has 11 rings (SSSR count). The second-order valence-electron chi connectivity index (χ2n) is 14.8. The Balaban J connectivity index is 1.07. The molecule has 0 unspecified atom stereocenters. The number of benzene rings is 9. The van der Waals surface area contributed by atoms with E-state index in [1.165, 1.54) is 108 Å². The van der Waals surface area contributed by atoms with E-state index in [9.17, 15) is 0 Å². The average molecular weight is 679 g/mol. The number of thiophene rings is 1. The van der Waals surface area contributed by atoms with Crippen molar-refractivity contribution >= 4 is 63.8 Å². The molecule has 0 bridgehead atoms. The van der Waals surface area contributed by atoms with Gasteiger partial charge in [0.2, 0.25) is 0 Å². The van der Waals surface area contributed by atoms with Gasteiger partial charge < -0.3 is 0 Å². The minimum Gasteiger partial charge on any atom is -0.135 e. The van der Waals surface area contributed by atoms with Crippen molar-refractivity contribution in [1.82, 2.24) is 0 Å². The lowest BCUT2D eigenvalue weighted by molar-refractivity contribution is 0.661. The van der Waals surface area contributed by atoms with E-state index in [0.29, 0.717) is 0 Å². The Labute approximate surface area is 307 Å². The molecule has 1 aliphatic carbocycles. The van der Waals surface area contributed by atoms with Crippen molar-refractivity contribution in [3.05, 3.63) is 181 Å². The number of rotatable bonds is 3. The summed E-state index contributed by atoms with van der Waals surface area (Å²) >= 11 is 1.93. The Morgan fingerprint density at radius 1 is 0.385 bits per heavy atom. The van der Waals surface area contributed by atoms with Gasteiger partial charge in [-0.2, -0.15) is 0 Å². The van der Waals surface area contributed by atoms with Crippen LogP contribution < -0.4 is 0 Å². The minimum absolute atomic E-state index is 0.0691. The van der Waals surface area contributed by atoms with Gasteiger partial charge in [-0.25, -0.2) is 0 Å². The number of hydrogen-bond donors (Lipinski definition) is 0. The molecule has 0 N–H and O–H groups in total. The summed E-state index contributed by atoms with van der Waals surface area (Å²) in [6.07, 6.45) is 0. The van der Waals surface area contributed by atoms with E-state index in [-0.39, 0.29) is 5.41 Å². The van der Waals surface area contributed by atoms with Crippen molar-refractivity contribution in [2.45, 2.75) is 19.3 Å². The SMILES string of the molecule is CC1(C)c2ccc(-c3ccc(-c4c5ccccc5c(-c5ccccc5)c5ccccc45)cc3)cc2-c2c1ccc1sc3c4ccccc4ccc3c21. The van der Waals surface area contributed by atoms with Crippen LogP contribution >= 0.6 is 11.3 Å². The molecule has 0 nitrogen and oxygen atoms in total. The predicted octanol–water partition coefficient (Wildman–Crippen LogP) is 14.8. The summed E-state index contributed by atoms with van der Waals surface area (Å²) in [4.78, 5) is 0. The van der Waals surface area contributed by atoms with Crippen molar-refractivity contribution in [3.63, 3.8) is 0 Å². The highest BCUT2D eigenvalue weighted by atomic mass is 32.1. The maximum Gasteiger partial charge on any atom is 0.0434 e. The van der Waals surface area contributed by atoms with Crippen molar-refractivity contribution in [3.8, 4) is 44.5 Å². The van der Waals surface area contributed by atoms with Gasteiger partial charge in [0.1, 0.15) is 0 Å². The average Bonchev–Trinajstić information content (AvgIpc) is 3.69. The van der Waals surface area contributed by atoms with Crippen LogP contribution in [0.1, 0.15) is 25.0 Å². The van der Waals surface area contributed by atoms with Gasteiger partial charge in [-0.05, 0) is 100 Å². The molecule has 1 heterocycles. The van der Waals surface area contributed by atoms with E-state index in [1.807, 2.05) is 11.3 Å². The van der Waals surface area contributed by atoms with Gasteiger partial charge in [-0.1, -0.05) is 172 Å². The molecule has 52 heavy (non-hydrogen) atoms. The lowest BCUT2D eigenvalue weighted by atomic mass is 9.82. The van der Waals surface area contributed by atoms with Gasteiger partial charge in [-0.3, -0.25) is 0 Å². The highest BCUT2D eigenvalue weighted by Crippen LogP contribution is 2.55. The Kier molecular flexibility index (Phi) is 6.27. The summed E-state index contributed by atoms with van der Waals surface area (Å²) in [5.41, 5.74) is 13.1. The van der Waals surface area contributed by atoms with E-state index in [4.69, 9.17) is 0 Å². The Hall–Kier alpha value is -6.02. The first-order chi connectivity index (χ1) is 25.6. The zero-order valence-corrected chi connectivity index (χ0v) is 29.9. The molecule has 1 aromatic heterocycles. The second kappa shape index (κ2) is 11.0. The quantitative estimate of drug-likeness (QED) is 0.163. The molecule has 0 amide bonds. The molecular formula is C51H34S. The first kappa shape index (κ1) is 29.7. The van der Waals surface area contributed by atoms with Crippen molar-refractivity contribution in [2.75, 3.05) is 0 Å². The summed E-state index contributed by atoms with van der Waals surface area (Å²) < 4.78 is 2.75. The van der Waals surface area contributed by atoms with Crippen LogP contribution in [0.5, 0.6) is 0 Å². The van der Waals surface area contributed by atoms with Crippen molar-refractivity contribution in [2.24, 2.45) is 0 Å². The second-order valence-corrected chi connectivity index (χ2v) is 15.8. The van der Waals surface area contributed by atoms with Gasteiger partial charge in [0, 0.05) is 25.6 Å². The van der Waals surface area contributed by atoms with Crippen molar-refractivity contribution in [1.29, 1.82) is 0 Å². The van der Waals surface area contributed by atoms with Crippen molar-refractivity contribution < 1.29 is 0 Å².